The summed E-state index contributed by atoms with van der Waals surface area (Å²) in [6, 6.07) is 9.83. The Kier molecular flexibility index (Phi) is 4.20. The van der Waals surface area contributed by atoms with E-state index in [2.05, 4.69) is 10.3 Å². The second kappa shape index (κ2) is 5.73. The van der Waals surface area contributed by atoms with Gasteiger partial charge in [-0.05, 0) is 20.8 Å². The summed E-state index contributed by atoms with van der Waals surface area (Å²) in [5.41, 5.74) is 6.90. The van der Waals surface area contributed by atoms with Gasteiger partial charge in [-0.25, -0.2) is 4.98 Å². The van der Waals surface area contributed by atoms with E-state index in [1.807, 2.05) is 42.6 Å². The molecule has 4 nitrogen and oxygen atoms in total. The van der Waals surface area contributed by atoms with Crippen molar-refractivity contribution < 1.29 is 4.79 Å². The average Bonchev–Trinajstić information content (AvgIpc) is 2.88. The lowest BCUT2D eigenvalue weighted by Gasteiger charge is -2.20. The van der Waals surface area contributed by atoms with Crippen molar-refractivity contribution in [1.29, 1.82) is 0 Å². The van der Waals surface area contributed by atoms with Crippen molar-refractivity contribution in [2.45, 2.75) is 32.4 Å². The van der Waals surface area contributed by atoms with Gasteiger partial charge in [-0.15, -0.1) is 11.3 Å². The molecule has 2 aromatic rings. The van der Waals surface area contributed by atoms with Crippen LogP contribution in [0.3, 0.4) is 0 Å². The lowest BCUT2D eigenvalue weighted by Crippen LogP contribution is -2.49. The lowest BCUT2D eigenvalue weighted by atomic mass is 10.1. The third kappa shape index (κ3) is 3.43. The number of amides is 1. The van der Waals surface area contributed by atoms with E-state index >= 15 is 0 Å². The minimum atomic E-state index is -0.881. The highest BCUT2D eigenvalue weighted by Gasteiger charge is 2.24. The highest BCUT2D eigenvalue weighted by molar-refractivity contribution is 7.10. The first-order valence-corrected chi connectivity index (χ1v) is 7.36. The number of carbonyl (C=O) groups is 1. The van der Waals surface area contributed by atoms with E-state index in [9.17, 15) is 4.79 Å². The smallest absolute Gasteiger partial charge is 0.240 e. The zero-order valence-electron chi connectivity index (χ0n) is 11.9. The molecular weight excluding hydrogens is 270 g/mol. The van der Waals surface area contributed by atoms with Crippen LogP contribution in [0, 0.1) is 0 Å². The van der Waals surface area contributed by atoms with Crippen LogP contribution in [0.2, 0.25) is 0 Å². The van der Waals surface area contributed by atoms with Crippen molar-refractivity contribution in [3.63, 3.8) is 0 Å². The van der Waals surface area contributed by atoms with Gasteiger partial charge in [-0.3, -0.25) is 4.79 Å². The minimum absolute atomic E-state index is 0.146. The number of thiazole rings is 1. The SMILES string of the molecule is CC(NC(=O)C(C)(C)N)c1nc(-c2ccccc2)cs1. The Hall–Kier alpha value is -1.72. The normalized spacial score (nSPS) is 13.0. The molecule has 2 rings (SSSR count). The molecule has 1 unspecified atom stereocenters. The Morgan fingerprint density at radius 1 is 1.35 bits per heavy atom. The van der Waals surface area contributed by atoms with E-state index in [1.54, 1.807) is 13.8 Å². The third-order valence-electron chi connectivity index (χ3n) is 2.89. The molecule has 1 atom stereocenters. The molecule has 0 bridgehead atoms. The van der Waals surface area contributed by atoms with Gasteiger partial charge in [-0.2, -0.15) is 0 Å². The van der Waals surface area contributed by atoms with E-state index in [4.69, 9.17) is 5.73 Å². The summed E-state index contributed by atoms with van der Waals surface area (Å²) in [4.78, 5) is 16.4. The maximum Gasteiger partial charge on any atom is 0.240 e. The zero-order valence-corrected chi connectivity index (χ0v) is 12.7. The summed E-state index contributed by atoms with van der Waals surface area (Å²) in [5, 5.41) is 5.76. The zero-order chi connectivity index (χ0) is 14.8. The molecule has 0 fully saturated rings. The summed E-state index contributed by atoms with van der Waals surface area (Å²) < 4.78 is 0. The predicted octanol–water partition coefficient (Wildman–Crippen LogP) is 2.72. The molecule has 1 amide bonds. The Morgan fingerprint density at radius 2 is 2.00 bits per heavy atom. The van der Waals surface area contributed by atoms with Crippen LogP contribution in [-0.4, -0.2) is 16.4 Å². The molecule has 5 heteroatoms. The number of carbonyl (C=O) groups excluding carboxylic acids is 1. The van der Waals surface area contributed by atoms with Crippen LogP contribution in [0.15, 0.2) is 35.7 Å². The van der Waals surface area contributed by atoms with Crippen LogP contribution in [0.5, 0.6) is 0 Å². The summed E-state index contributed by atoms with van der Waals surface area (Å²) in [6.45, 7) is 5.29. The highest BCUT2D eigenvalue weighted by atomic mass is 32.1. The summed E-state index contributed by atoms with van der Waals surface area (Å²) in [6.07, 6.45) is 0. The van der Waals surface area contributed by atoms with E-state index in [1.165, 1.54) is 11.3 Å². The molecule has 0 saturated heterocycles. The average molecular weight is 289 g/mol. The van der Waals surface area contributed by atoms with E-state index in [-0.39, 0.29) is 11.9 Å². The fraction of sp³-hybridized carbons (Fsp3) is 0.333. The topological polar surface area (TPSA) is 68.0 Å². The number of hydrogen-bond acceptors (Lipinski definition) is 4. The fourth-order valence-corrected chi connectivity index (χ4v) is 2.51. The molecule has 20 heavy (non-hydrogen) atoms. The van der Waals surface area contributed by atoms with E-state index in [0.717, 1.165) is 16.3 Å². The van der Waals surface area contributed by atoms with Crippen LogP contribution < -0.4 is 11.1 Å². The molecule has 0 spiro atoms. The molecule has 0 saturated carbocycles. The molecule has 0 aliphatic heterocycles. The molecule has 106 valence electrons. The van der Waals surface area contributed by atoms with Crippen LogP contribution in [0.4, 0.5) is 0 Å². The largest absolute Gasteiger partial charge is 0.346 e. The molecular formula is C15H19N3OS. The van der Waals surface area contributed by atoms with E-state index < -0.39 is 5.54 Å². The first kappa shape index (κ1) is 14.7. The number of nitrogens with one attached hydrogen (secondary N) is 1. The maximum atomic E-state index is 11.9. The van der Waals surface area contributed by atoms with Crippen molar-refractivity contribution in [3.05, 3.63) is 40.7 Å². The van der Waals surface area contributed by atoms with Gasteiger partial charge in [-0.1, -0.05) is 30.3 Å². The summed E-state index contributed by atoms with van der Waals surface area (Å²) in [7, 11) is 0. The van der Waals surface area contributed by atoms with Gasteiger partial charge < -0.3 is 11.1 Å². The van der Waals surface area contributed by atoms with Gasteiger partial charge in [0.2, 0.25) is 5.91 Å². The molecule has 1 heterocycles. The molecule has 0 aliphatic rings. The van der Waals surface area contributed by atoms with Crippen LogP contribution in [0.25, 0.3) is 11.3 Å². The first-order chi connectivity index (χ1) is 9.38. The van der Waals surface area contributed by atoms with Gasteiger partial charge in [0.25, 0.3) is 0 Å². The van der Waals surface area contributed by atoms with Gasteiger partial charge in [0.15, 0.2) is 0 Å². The quantitative estimate of drug-likeness (QED) is 0.909. The number of rotatable bonds is 4. The van der Waals surface area contributed by atoms with Crippen molar-refractivity contribution >= 4 is 17.2 Å². The number of hydrogen-bond donors (Lipinski definition) is 2. The molecule has 3 N–H and O–H groups in total. The van der Waals surface area contributed by atoms with Gasteiger partial charge in [0, 0.05) is 10.9 Å². The van der Waals surface area contributed by atoms with Gasteiger partial charge in [0.05, 0.1) is 17.3 Å². The van der Waals surface area contributed by atoms with Gasteiger partial charge in [0.1, 0.15) is 5.01 Å². The van der Waals surface area contributed by atoms with Crippen LogP contribution in [-0.2, 0) is 4.79 Å². The standard InChI is InChI=1S/C15H19N3OS/c1-10(17-14(19)15(2,3)16)13-18-12(9-20-13)11-7-5-4-6-8-11/h4-10H,16H2,1-3H3,(H,17,19). The number of benzene rings is 1. The maximum absolute atomic E-state index is 11.9. The van der Waals surface area contributed by atoms with Crippen molar-refractivity contribution in [3.8, 4) is 11.3 Å². The second-order valence-corrected chi connectivity index (χ2v) is 6.24. The Labute approximate surface area is 123 Å². The van der Waals surface area contributed by atoms with Crippen molar-refractivity contribution in [2.24, 2.45) is 5.73 Å². The number of nitrogens with two attached hydrogens (primary N) is 1. The van der Waals surface area contributed by atoms with Crippen molar-refractivity contribution in [1.82, 2.24) is 10.3 Å². The van der Waals surface area contributed by atoms with Crippen LogP contribution >= 0.6 is 11.3 Å². The Morgan fingerprint density at radius 3 is 2.60 bits per heavy atom. The van der Waals surface area contributed by atoms with E-state index in [0.29, 0.717) is 0 Å². The Balaban J connectivity index is 2.11. The van der Waals surface area contributed by atoms with Crippen LogP contribution in [0.1, 0.15) is 31.8 Å². The highest BCUT2D eigenvalue weighted by Crippen LogP contribution is 2.25. The summed E-state index contributed by atoms with van der Waals surface area (Å²) >= 11 is 1.54. The summed E-state index contributed by atoms with van der Waals surface area (Å²) in [5.74, 6) is -0.179. The first-order valence-electron chi connectivity index (χ1n) is 6.48. The lowest BCUT2D eigenvalue weighted by molar-refractivity contribution is -0.125. The number of nitrogens with zero attached hydrogens (tertiary/aromatic N) is 1. The monoisotopic (exact) mass is 289 g/mol. The molecule has 1 aromatic heterocycles. The predicted molar refractivity (Wildman–Crippen MR) is 82.4 cm³/mol. The molecule has 0 radical (unpaired) electrons. The van der Waals surface area contributed by atoms with Gasteiger partial charge >= 0.3 is 0 Å². The molecule has 0 aliphatic carbocycles. The third-order valence-corrected chi connectivity index (χ3v) is 3.92. The minimum Gasteiger partial charge on any atom is -0.346 e. The second-order valence-electron chi connectivity index (χ2n) is 5.35. The van der Waals surface area contributed by atoms with Crippen molar-refractivity contribution in [2.75, 3.05) is 0 Å². The Bertz CT molecular complexity index is 587. The fourth-order valence-electron chi connectivity index (χ4n) is 1.67. The number of aromatic nitrogens is 1. The molecule has 1 aromatic carbocycles.